The van der Waals surface area contributed by atoms with Gasteiger partial charge in [0.2, 0.25) is 0 Å². The minimum absolute atomic E-state index is 0.0932. The zero-order valence-corrected chi connectivity index (χ0v) is 13.2. The maximum Gasteiger partial charge on any atom is 0.146 e. The van der Waals surface area contributed by atoms with Crippen LogP contribution in [0.15, 0.2) is 18.2 Å². The predicted octanol–water partition coefficient (Wildman–Crippen LogP) is 4.12. The summed E-state index contributed by atoms with van der Waals surface area (Å²) < 4.78 is 14.4. The number of nitrogens with zero attached hydrogens (tertiary/aromatic N) is 1. The Morgan fingerprint density at radius 3 is 2.70 bits per heavy atom. The molecule has 1 saturated heterocycles. The van der Waals surface area contributed by atoms with Crippen LogP contribution in [0.1, 0.15) is 51.6 Å². The first kappa shape index (κ1) is 15.3. The lowest BCUT2D eigenvalue weighted by atomic mass is 9.85. The van der Waals surface area contributed by atoms with Gasteiger partial charge in [-0.25, -0.2) is 4.39 Å². The first-order chi connectivity index (χ1) is 9.44. The standard InChI is InChI=1S/C17H27FN2/c1-13(19-4)14-7-5-8-15(18)16(14)20-11-6-9-17(2,3)10-12-20/h5,7-8,13,19H,6,9-12H2,1-4H3. The number of benzene rings is 1. The Hall–Kier alpha value is -1.09. The molecule has 1 aliphatic heterocycles. The van der Waals surface area contributed by atoms with Gasteiger partial charge < -0.3 is 10.2 Å². The second-order valence-corrected chi connectivity index (χ2v) is 6.69. The van der Waals surface area contributed by atoms with Crippen LogP contribution < -0.4 is 10.2 Å². The molecular formula is C17H27FN2. The molecule has 1 N–H and O–H groups in total. The van der Waals surface area contributed by atoms with E-state index in [0.29, 0.717) is 5.41 Å². The van der Waals surface area contributed by atoms with Gasteiger partial charge in [-0.15, -0.1) is 0 Å². The summed E-state index contributed by atoms with van der Waals surface area (Å²) in [5.41, 5.74) is 2.23. The molecule has 0 saturated carbocycles. The van der Waals surface area contributed by atoms with E-state index in [-0.39, 0.29) is 11.9 Å². The average molecular weight is 278 g/mol. The fraction of sp³-hybridized carbons (Fsp3) is 0.647. The monoisotopic (exact) mass is 278 g/mol. The Bertz CT molecular complexity index is 456. The van der Waals surface area contributed by atoms with Crippen LogP contribution in [0.4, 0.5) is 10.1 Å². The van der Waals surface area contributed by atoms with Crippen molar-refractivity contribution in [1.82, 2.24) is 5.32 Å². The molecule has 1 heterocycles. The normalized spacial score (nSPS) is 20.6. The van der Waals surface area contributed by atoms with E-state index in [9.17, 15) is 4.39 Å². The number of anilines is 1. The molecule has 2 rings (SSSR count). The fourth-order valence-corrected chi connectivity index (χ4v) is 3.02. The van der Waals surface area contributed by atoms with Crippen LogP contribution >= 0.6 is 0 Å². The van der Waals surface area contributed by atoms with Gasteiger partial charge in [0.05, 0.1) is 5.69 Å². The van der Waals surface area contributed by atoms with Gasteiger partial charge >= 0.3 is 0 Å². The summed E-state index contributed by atoms with van der Waals surface area (Å²) in [5.74, 6) is -0.0932. The zero-order valence-electron chi connectivity index (χ0n) is 13.2. The van der Waals surface area contributed by atoms with Crippen LogP contribution in [-0.4, -0.2) is 20.1 Å². The number of para-hydroxylation sites is 1. The molecule has 0 spiro atoms. The van der Waals surface area contributed by atoms with Crippen LogP contribution in [0.3, 0.4) is 0 Å². The molecule has 1 fully saturated rings. The fourth-order valence-electron chi connectivity index (χ4n) is 3.02. The summed E-state index contributed by atoms with van der Waals surface area (Å²) >= 11 is 0. The molecule has 1 aromatic rings. The van der Waals surface area contributed by atoms with E-state index in [4.69, 9.17) is 0 Å². The second-order valence-electron chi connectivity index (χ2n) is 6.69. The van der Waals surface area contributed by atoms with Crippen molar-refractivity contribution < 1.29 is 4.39 Å². The molecule has 0 bridgehead atoms. The third-order valence-corrected chi connectivity index (χ3v) is 4.57. The molecule has 20 heavy (non-hydrogen) atoms. The van der Waals surface area contributed by atoms with Crippen LogP contribution in [0.25, 0.3) is 0 Å². The minimum Gasteiger partial charge on any atom is -0.369 e. The molecule has 1 aliphatic rings. The number of hydrogen-bond acceptors (Lipinski definition) is 2. The topological polar surface area (TPSA) is 15.3 Å². The molecule has 0 radical (unpaired) electrons. The SMILES string of the molecule is CNC(C)c1cccc(F)c1N1CCCC(C)(C)CC1. The van der Waals surface area contributed by atoms with Crippen molar-refractivity contribution in [2.45, 2.75) is 46.1 Å². The van der Waals surface area contributed by atoms with E-state index in [1.54, 1.807) is 6.07 Å². The van der Waals surface area contributed by atoms with E-state index in [1.165, 1.54) is 6.42 Å². The highest BCUT2D eigenvalue weighted by atomic mass is 19.1. The van der Waals surface area contributed by atoms with E-state index in [2.05, 4.69) is 31.0 Å². The maximum atomic E-state index is 14.4. The molecule has 0 aliphatic carbocycles. The lowest BCUT2D eigenvalue weighted by molar-refractivity contribution is 0.325. The highest BCUT2D eigenvalue weighted by molar-refractivity contribution is 5.56. The average Bonchev–Trinajstić information content (AvgIpc) is 2.58. The molecular weight excluding hydrogens is 251 g/mol. The first-order valence-electron chi connectivity index (χ1n) is 7.65. The lowest BCUT2D eigenvalue weighted by Gasteiger charge is -2.29. The molecule has 112 valence electrons. The van der Waals surface area contributed by atoms with Crippen LogP contribution in [0.2, 0.25) is 0 Å². The Balaban J connectivity index is 2.32. The summed E-state index contributed by atoms with van der Waals surface area (Å²) in [6, 6.07) is 5.59. The number of rotatable bonds is 3. The Labute approximate surface area is 122 Å². The highest BCUT2D eigenvalue weighted by Crippen LogP contribution is 2.35. The molecule has 1 atom stereocenters. The van der Waals surface area contributed by atoms with Gasteiger partial charge in [0.1, 0.15) is 5.82 Å². The molecule has 0 amide bonds. The molecule has 1 unspecified atom stereocenters. The largest absolute Gasteiger partial charge is 0.369 e. The van der Waals surface area contributed by atoms with Gasteiger partial charge in [-0.1, -0.05) is 26.0 Å². The summed E-state index contributed by atoms with van der Waals surface area (Å²) in [5, 5.41) is 3.23. The molecule has 2 nitrogen and oxygen atoms in total. The summed E-state index contributed by atoms with van der Waals surface area (Å²) in [6.07, 6.45) is 3.47. The van der Waals surface area contributed by atoms with Crippen molar-refractivity contribution >= 4 is 5.69 Å². The smallest absolute Gasteiger partial charge is 0.146 e. The van der Waals surface area contributed by atoms with Gasteiger partial charge in [-0.3, -0.25) is 0 Å². The van der Waals surface area contributed by atoms with Crippen LogP contribution in [-0.2, 0) is 0 Å². The van der Waals surface area contributed by atoms with Crippen molar-refractivity contribution in [3.05, 3.63) is 29.6 Å². The summed E-state index contributed by atoms with van der Waals surface area (Å²) in [7, 11) is 1.92. The Morgan fingerprint density at radius 1 is 1.25 bits per heavy atom. The Morgan fingerprint density at radius 2 is 2.00 bits per heavy atom. The van der Waals surface area contributed by atoms with Gasteiger partial charge in [0.15, 0.2) is 0 Å². The Kier molecular flexibility index (Phi) is 4.69. The van der Waals surface area contributed by atoms with Crippen LogP contribution in [0, 0.1) is 11.2 Å². The minimum atomic E-state index is -0.0932. The first-order valence-corrected chi connectivity index (χ1v) is 7.65. The quantitative estimate of drug-likeness (QED) is 0.894. The number of nitrogens with one attached hydrogen (secondary N) is 1. The third-order valence-electron chi connectivity index (χ3n) is 4.57. The van der Waals surface area contributed by atoms with E-state index in [0.717, 1.165) is 37.2 Å². The van der Waals surface area contributed by atoms with Crippen molar-refractivity contribution in [3.8, 4) is 0 Å². The lowest BCUT2D eigenvalue weighted by Crippen LogP contribution is -2.28. The molecule has 0 aromatic heterocycles. The van der Waals surface area contributed by atoms with Crippen molar-refractivity contribution in [3.63, 3.8) is 0 Å². The van der Waals surface area contributed by atoms with Crippen molar-refractivity contribution in [2.24, 2.45) is 5.41 Å². The third kappa shape index (κ3) is 3.32. The summed E-state index contributed by atoms with van der Waals surface area (Å²) in [4.78, 5) is 2.24. The maximum absolute atomic E-state index is 14.4. The molecule has 1 aromatic carbocycles. The number of hydrogen-bond donors (Lipinski definition) is 1. The van der Waals surface area contributed by atoms with Crippen molar-refractivity contribution in [2.75, 3.05) is 25.0 Å². The number of halogens is 1. The van der Waals surface area contributed by atoms with Gasteiger partial charge in [0, 0.05) is 19.1 Å². The predicted molar refractivity (Wildman–Crippen MR) is 83.7 cm³/mol. The van der Waals surface area contributed by atoms with E-state index in [1.807, 2.05) is 19.2 Å². The summed E-state index contributed by atoms with van der Waals surface area (Å²) in [6.45, 7) is 8.61. The second kappa shape index (κ2) is 6.13. The zero-order chi connectivity index (χ0) is 14.8. The van der Waals surface area contributed by atoms with E-state index >= 15 is 0 Å². The highest BCUT2D eigenvalue weighted by Gasteiger charge is 2.26. The van der Waals surface area contributed by atoms with E-state index < -0.39 is 0 Å². The molecule has 3 heteroatoms. The van der Waals surface area contributed by atoms with Crippen molar-refractivity contribution in [1.29, 1.82) is 0 Å². The van der Waals surface area contributed by atoms with Gasteiger partial charge in [-0.2, -0.15) is 0 Å². The van der Waals surface area contributed by atoms with Crippen LogP contribution in [0.5, 0.6) is 0 Å². The van der Waals surface area contributed by atoms with Gasteiger partial charge in [-0.05, 0) is 50.3 Å². The van der Waals surface area contributed by atoms with Gasteiger partial charge in [0.25, 0.3) is 0 Å².